The van der Waals surface area contributed by atoms with E-state index < -0.39 is 0 Å². The number of rotatable bonds is 4. The van der Waals surface area contributed by atoms with Crippen LogP contribution < -0.4 is 0 Å². The zero-order valence-corrected chi connectivity index (χ0v) is 8.24. The smallest absolute Gasteiger partial charge is 0.0625 e. The van der Waals surface area contributed by atoms with Crippen LogP contribution in [0.4, 0.5) is 0 Å². The SMILES string of the molecule is Cn1cc(SCCCS)cn1. The van der Waals surface area contributed by atoms with E-state index in [9.17, 15) is 0 Å². The molecule has 0 bridgehead atoms. The first-order chi connectivity index (χ1) is 5.33. The fourth-order valence-corrected chi connectivity index (χ4v) is 1.97. The van der Waals surface area contributed by atoms with E-state index >= 15 is 0 Å². The van der Waals surface area contributed by atoms with Crippen LogP contribution in [0.1, 0.15) is 6.42 Å². The molecule has 1 aromatic heterocycles. The van der Waals surface area contributed by atoms with Gasteiger partial charge in [-0.25, -0.2) is 0 Å². The molecule has 1 heterocycles. The van der Waals surface area contributed by atoms with E-state index in [2.05, 4.69) is 17.7 Å². The molecule has 0 aliphatic heterocycles. The summed E-state index contributed by atoms with van der Waals surface area (Å²) in [4.78, 5) is 1.24. The third kappa shape index (κ3) is 3.20. The van der Waals surface area contributed by atoms with Gasteiger partial charge in [0.2, 0.25) is 0 Å². The van der Waals surface area contributed by atoms with Crippen LogP contribution in [0.25, 0.3) is 0 Å². The van der Waals surface area contributed by atoms with Crippen LogP contribution >= 0.6 is 24.4 Å². The van der Waals surface area contributed by atoms with E-state index in [0.29, 0.717) is 0 Å². The van der Waals surface area contributed by atoms with Crippen molar-refractivity contribution in [2.24, 2.45) is 7.05 Å². The maximum atomic E-state index is 4.14. The van der Waals surface area contributed by atoms with Crippen LogP contribution in [-0.2, 0) is 7.05 Å². The summed E-state index contributed by atoms with van der Waals surface area (Å²) in [7, 11) is 1.93. The number of thioether (sulfide) groups is 1. The second kappa shape index (κ2) is 4.72. The Labute approximate surface area is 76.8 Å². The van der Waals surface area contributed by atoms with E-state index in [1.54, 1.807) is 0 Å². The Morgan fingerprint density at radius 1 is 1.73 bits per heavy atom. The van der Waals surface area contributed by atoms with Gasteiger partial charge in [-0.1, -0.05) is 0 Å². The molecule has 0 saturated carbocycles. The van der Waals surface area contributed by atoms with Gasteiger partial charge in [0, 0.05) is 18.1 Å². The molecule has 0 aliphatic rings. The van der Waals surface area contributed by atoms with Gasteiger partial charge < -0.3 is 0 Å². The van der Waals surface area contributed by atoms with Crippen LogP contribution in [0, 0.1) is 0 Å². The first-order valence-corrected chi connectivity index (χ1v) is 5.17. The van der Waals surface area contributed by atoms with Crippen molar-refractivity contribution < 1.29 is 0 Å². The van der Waals surface area contributed by atoms with E-state index in [1.165, 1.54) is 4.90 Å². The van der Waals surface area contributed by atoms with Gasteiger partial charge in [0.15, 0.2) is 0 Å². The molecule has 62 valence electrons. The number of hydrogen-bond acceptors (Lipinski definition) is 3. The summed E-state index contributed by atoms with van der Waals surface area (Å²) in [6.07, 6.45) is 5.08. The van der Waals surface area contributed by atoms with E-state index in [-0.39, 0.29) is 0 Å². The maximum Gasteiger partial charge on any atom is 0.0625 e. The number of aromatic nitrogens is 2. The summed E-state index contributed by atoms with van der Waals surface area (Å²) < 4.78 is 1.82. The average molecular weight is 188 g/mol. The number of aryl methyl sites for hydroxylation is 1. The largest absolute Gasteiger partial charge is 0.275 e. The third-order valence-corrected chi connectivity index (χ3v) is 2.61. The monoisotopic (exact) mass is 188 g/mol. The minimum absolute atomic E-state index is 0.966. The van der Waals surface area contributed by atoms with Crippen LogP contribution in [-0.4, -0.2) is 21.3 Å². The second-order valence-electron chi connectivity index (χ2n) is 2.28. The van der Waals surface area contributed by atoms with Crippen LogP contribution in [0.2, 0.25) is 0 Å². The Kier molecular flexibility index (Phi) is 3.86. The third-order valence-electron chi connectivity index (χ3n) is 1.25. The van der Waals surface area contributed by atoms with Crippen LogP contribution in [0.15, 0.2) is 17.3 Å². The van der Waals surface area contributed by atoms with E-state index in [1.807, 2.05) is 35.9 Å². The Balaban J connectivity index is 2.27. The Morgan fingerprint density at radius 3 is 3.09 bits per heavy atom. The van der Waals surface area contributed by atoms with Crippen molar-refractivity contribution in [3.63, 3.8) is 0 Å². The molecule has 1 aromatic rings. The van der Waals surface area contributed by atoms with Crippen molar-refractivity contribution in [3.05, 3.63) is 12.4 Å². The average Bonchev–Trinajstić information content (AvgIpc) is 2.37. The predicted octanol–water partition coefficient (Wildman–Crippen LogP) is 1.83. The molecule has 0 radical (unpaired) electrons. The van der Waals surface area contributed by atoms with Gasteiger partial charge in [0.25, 0.3) is 0 Å². The van der Waals surface area contributed by atoms with Gasteiger partial charge in [-0.2, -0.15) is 17.7 Å². The topological polar surface area (TPSA) is 17.8 Å². The summed E-state index contributed by atoms with van der Waals surface area (Å²) in [5.74, 6) is 2.10. The summed E-state index contributed by atoms with van der Waals surface area (Å²) >= 11 is 5.97. The highest BCUT2D eigenvalue weighted by molar-refractivity contribution is 7.99. The zero-order chi connectivity index (χ0) is 8.10. The molecule has 1 rings (SSSR count). The van der Waals surface area contributed by atoms with Gasteiger partial charge >= 0.3 is 0 Å². The Morgan fingerprint density at radius 2 is 2.55 bits per heavy atom. The fraction of sp³-hybridized carbons (Fsp3) is 0.571. The second-order valence-corrected chi connectivity index (χ2v) is 3.89. The van der Waals surface area contributed by atoms with Crippen molar-refractivity contribution in [2.45, 2.75) is 11.3 Å². The molecule has 2 nitrogen and oxygen atoms in total. The van der Waals surface area contributed by atoms with Gasteiger partial charge in [-0.05, 0) is 17.9 Å². The molecule has 0 aromatic carbocycles. The molecule has 0 spiro atoms. The molecular weight excluding hydrogens is 176 g/mol. The van der Waals surface area contributed by atoms with Gasteiger partial charge in [0.05, 0.1) is 6.20 Å². The number of thiol groups is 1. The molecule has 0 unspecified atom stereocenters. The molecule has 0 saturated heterocycles. The summed E-state index contributed by atoms with van der Waals surface area (Å²) in [5.41, 5.74) is 0. The molecule has 0 N–H and O–H groups in total. The van der Waals surface area contributed by atoms with Crippen LogP contribution in [0.5, 0.6) is 0 Å². The highest BCUT2D eigenvalue weighted by Gasteiger charge is 1.94. The van der Waals surface area contributed by atoms with Crippen molar-refractivity contribution in [1.82, 2.24) is 9.78 Å². The van der Waals surface area contributed by atoms with Gasteiger partial charge in [0.1, 0.15) is 0 Å². The highest BCUT2D eigenvalue weighted by Crippen LogP contribution is 2.16. The maximum absolute atomic E-state index is 4.14. The van der Waals surface area contributed by atoms with Crippen molar-refractivity contribution in [3.8, 4) is 0 Å². The van der Waals surface area contributed by atoms with Gasteiger partial charge in [-0.3, -0.25) is 4.68 Å². The first kappa shape index (κ1) is 9.00. The van der Waals surface area contributed by atoms with Crippen LogP contribution in [0.3, 0.4) is 0 Å². The summed E-state index contributed by atoms with van der Waals surface area (Å²) in [5, 5.41) is 4.07. The molecule has 0 amide bonds. The molecular formula is C7H12N2S2. The Bertz CT molecular complexity index is 210. The van der Waals surface area contributed by atoms with Gasteiger partial charge in [-0.15, -0.1) is 11.8 Å². The summed E-state index contributed by atoms with van der Waals surface area (Å²) in [6.45, 7) is 0. The molecule has 11 heavy (non-hydrogen) atoms. The van der Waals surface area contributed by atoms with E-state index in [0.717, 1.165) is 17.9 Å². The van der Waals surface area contributed by atoms with Crippen molar-refractivity contribution in [1.29, 1.82) is 0 Å². The normalized spacial score (nSPS) is 10.4. The lowest BCUT2D eigenvalue weighted by Gasteiger charge is -1.93. The Hall–Kier alpha value is -0.0900. The minimum atomic E-state index is 0.966. The minimum Gasteiger partial charge on any atom is -0.275 e. The molecule has 0 atom stereocenters. The first-order valence-electron chi connectivity index (χ1n) is 3.55. The molecule has 0 aliphatic carbocycles. The highest BCUT2D eigenvalue weighted by atomic mass is 32.2. The molecule has 4 heteroatoms. The standard InChI is InChI=1S/C7H12N2S2/c1-9-6-7(5-8-9)11-4-2-3-10/h5-6,10H,2-4H2,1H3. The molecule has 0 fully saturated rings. The van der Waals surface area contributed by atoms with Crippen molar-refractivity contribution in [2.75, 3.05) is 11.5 Å². The number of nitrogens with zero attached hydrogens (tertiary/aromatic N) is 2. The zero-order valence-electron chi connectivity index (χ0n) is 6.53. The lowest BCUT2D eigenvalue weighted by molar-refractivity contribution is 0.766. The van der Waals surface area contributed by atoms with E-state index in [4.69, 9.17) is 0 Å². The summed E-state index contributed by atoms with van der Waals surface area (Å²) in [6, 6.07) is 0. The fourth-order valence-electron chi connectivity index (χ4n) is 0.728. The quantitative estimate of drug-likeness (QED) is 0.441. The number of hydrogen-bond donors (Lipinski definition) is 1. The lowest BCUT2D eigenvalue weighted by Crippen LogP contribution is -1.84. The van der Waals surface area contributed by atoms with Crippen molar-refractivity contribution >= 4 is 24.4 Å². The lowest BCUT2D eigenvalue weighted by atomic mass is 10.6. The predicted molar refractivity (Wildman–Crippen MR) is 52.4 cm³/mol.